The largest absolute Gasteiger partial charge is 0.487 e. The van der Waals surface area contributed by atoms with Gasteiger partial charge in [0.1, 0.15) is 12.4 Å². The summed E-state index contributed by atoms with van der Waals surface area (Å²) in [6.07, 6.45) is 7.26. The number of aryl methyl sites for hydroxylation is 1. The van der Waals surface area contributed by atoms with Crippen LogP contribution in [0.5, 0.6) is 5.75 Å². The molecule has 6 nitrogen and oxygen atoms in total. The fraction of sp³-hybridized carbons (Fsp3) is 0.333. The SMILES string of the molecule is NC1C2CN(Cc3ccc4c(c3)CCC(n3ccc(OCc5ccc(Cl)cn5)cc3=O)=C4)CC12. The molecule has 34 heavy (non-hydrogen) atoms. The minimum atomic E-state index is -0.0984. The summed E-state index contributed by atoms with van der Waals surface area (Å²) in [5.74, 6) is 1.96. The minimum Gasteiger partial charge on any atom is -0.487 e. The van der Waals surface area contributed by atoms with Gasteiger partial charge in [0.15, 0.2) is 0 Å². The van der Waals surface area contributed by atoms with Crippen LogP contribution in [0, 0.1) is 11.8 Å². The Balaban J connectivity index is 1.13. The number of ether oxygens (including phenoxy) is 1. The molecule has 3 heterocycles. The van der Waals surface area contributed by atoms with E-state index < -0.39 is 0 Å². The molecule has 1 saturated carbocycles. The monoisotopic (exact) mass is 474 g/mol. The zero-order valence-electron chi connectivity index (χ0n) is 18.9. The Hall–Kier alpha value is -2.93. The summed E-state index contributed by atoms with van der Waals surface area (Å²) in [4.78, 5) is 19.5. The second-order valence-corrected chi connectivity index (χ2v) is 10.0. The Morgan fingerprint density at radius 2 is 1.94 bits per heavy atom. The van der Waals surface area contributed by atoms with Crippen molar-refractivity contribution in [2.75, 3.05) is 13.1 Å². The highest BCUT2D eigenvalue weighted by Gasteiger charge is 2.53. The molecular weight excluding hydrogens is 448 g/mol. The van der Waals surface area contributed by atoms with Crippen LogP contribution in [0.25, 0.3) is 11.8 Å². The summed E-state index contributed by atoms with van der Waals surface area (Å²) in [7, 11) is 0. The molecule has 1 aromatic carbocycles. The summed E-state index contributed by atoms with van der Waals surface area (Å²) in [5.41, 5.74) is 11.6. The molecule has 174 valence electrons. The van der Waals surface area contributed by atoms with Gasteiger partial charge in [-0.25, -0.2) is 0 Å². The van der Waals surface area contributed by atoms with Gasteiger partial charge in [0.2, 0.25) is 0 Å². The van der Waals surface area contributed by atoms with Crippen molar-refractivity contribution < 1.29 is 4.74 Å². The van der Waals surface area contributed by atoms with Crippen molar-refractivity contribution in [3.63, 3.8) is 0 Å². The number of hydrogen-bond acceptors (Lipinski definition) is 5. The maximum atomic E-state index is 12.8. The summed E-state index contributed by atoms with van der Waals surface area (Å²) >= 11 is 5.87. The Morgan fingerprint density at radius 3 is 2.71 bits per heavy atom. The Labute approximate surface area is 203 Å². The molecule has 2 N–H and O–H groups in total. The van der Waals surface area contributed by atoms with Crippen LogP contribution in [0.4, 0.5) is 0 Å². The van der Waals surface area contributed by atoms with Crippen molar-refractivity contribution in [2.24, 2.45) is 17.6 Å². The maximum Gasteiger partial charge on any atom is 0.258 e. The average molecular weight is 475 g/mol. The molecule has 2 fully saturated rings. The summed E-state index contributed by atoms with van der Waals surface area (Å²) in [5, 5.41) is 0.581. The molecule has 2 atom stereocenters. The average Bonchev–Trinajstić information content (AvgIpc) is 3.23. The fourth-order valence-corrected chi connectivity index (χ4v) is 5.41. The smallest absolute Gasteiger partial charge is 0.258 e. The zero-order chi connectivity index (χ0) is 23.2. The molecule has 2 unspecified atom stereocenters. The van der Waals surface area contributed by atoms with Crippen molar-refractivity contribution in [2.45, 2.75) is 32.0 Å². The van der Waals surface area contributed by atoms with Crippen LogP contribution in [-0.4, -0.2) is 33.6 Å². The minimum absolute atomic E-state index is 0.0984. The van der Waals surface area contributed by atoms with E-state index in [0.29, 0.717) is 28.6 Å². The lowest BCUT2D eigenvalue weighted by molar-refractivity contribution is 0.290. The van der Waals surface area contributed by atoms with E-state index in [1.807, 2.05) is 12.1 Å². The highest BCUT2D eigenvalue weighted by atomic mass is 35.5. The molecular formula is C27H27ClN4O2. The van der Waals surface area contributed by atoms with Gasteiger partial charge in [-0.05, 0) is 65.6 Å². The predicted molar refractivity (Wildman–Crippen MR) is 133 cm³/mol. The van der Waals surface area contributed by atoms with E-state index in [9.17, 15) is 4.79 Å². The van der Waals surface area contributed by atoms with Crippen LogP contribution in [-0.2, 0) is 19.6 Å². The Kier molecular flexibility index (Phi) is 5.52. The molecule has 1 saturated heterocycles. The Bertz CT molecular complexity index is 1300. The maximum absolute atomic E-state index is 12.8. The normalized spacial score (nSPS) is 23.2. The number of halogens is 1. The van der Waals surface area contributed by atoms with Gasteiger partial charge in [-0.2, -0.15) is 0 Å². The number of allylic oxidation sites excluding steroid dienone is 1. The number of nitrogens with zero attached hydrogens (tertiary/aromatic N) is 3. The third-order valence-electron chi connectivity index (χ3n) is 7.30. The first kappa shape index (κ1) is 21.6. The van der Waals surface area contributed by atoms with E-state index in [1.54, 1.807) is 23.0 Å². The second-order valence-electron chi connectivity index (χ2n) is 9.60. The van der Waals surface area contributed by atoms with Crippen LogP contribution in [0.3, 0.4) is 0 Å². The van der Waals surface area contributed by atoms with E-state index in [4.69, 9.17) is 22.1 Å². The molecule has 3 aliphatic rings. The van der Waals surface area contributed by atoms with Crippen LogP contribution in [0.1, 0.15) is 28.8 Å². The first-order chi connectivity index (χ1) is 16.5. The summed E-state index contributed by atoms with van der Waals surface area (Å²) < 4.78 is 7.46. The van der Waals surface area contributed by atoms with Gasteiger partial charge in [0.25, 0.3) is 5.56 Å². The molecule has 0 spiro atoms. The molecule has 1 aliphatic heterocycles. The highest BCUT2D eigenvalue weighted by molar-refractivity contribution is 6.30. The number of benzene rings is 1. The van der Waals surface area contributed by atoms with Crippen molar-refractivity contribution in [3.8, 4) is 5.75 Å². The van der Waals surface area contributed by atoms with Gasteiger partial charge in [0.05, 0.1) is 10.7 Å². The van der Waals surface area contributed by atoms with E-state index in [1.165, 1.54) is 22.8 Å². The van der Waals surface area contributed by atoms with Crippen molar-refractivity contribution in [1.82, 2.24) is 14.5 Å². The predicted octanol–water partition coefficient (Wildman–Crippen LogP) is 3.81. The molecule has 0 amide bonds. The van der Waals surface area contributed by atoms with E-state index in [0.717, 1.165) is 43.9 Å². The quantitative estimate of drug-likeness (QED) is 0.588. The van der Waals surface area contributed by atoms with E-state index in [2.05, 4.69) is 34.2 Å². The standard InChI is InChI=1S/C27H27ClN4O2/c28-20-4-5-21(30-12-20)16-34-23-7-8-32(26(33)11-23)22-6-3-18-9-17(1-2-19(18)10-22)13-31-14-24-25(15-31)27(24)29/h1-2,4-5,7-12,24-25,27H,3,6,13-16,29H2. The first-order valence-electron chi connectivity index (χ1n) is 11.8. The number of fused-ring (bicyclic) bond motifs is 2. The number of hydrogen-bond donors (Lipinski definition) is 1. The summed E-state index contributed by atoms with van der Waals surface area (Å²) in [6.45, 7) is 3.54. The van der Waals surface area contributed by atoms with Gasteiger partial charge >= 0.3 is 0 Å². The van der Waals surface area contributed by atoms with Crippen LogP contribution in [0.15, 0.2) is 59.7 Å². The van der Waals surface area contributed by atoms with Gasteiger partial charge in [-0.15, -0.1) is 0 Å². The molecule has 7 heteroatoms. The van der Waals surface area contributed by atoms with Gasteiger partial charge < -0.3 is 10.5 Å². The third-order valence-corrected chi connectivity index (χ3v) is 7.52. The summed E-state index contributed by atoms with van der Waals surface area (Å²) in [6, 6.07) is 14.1. The number of nitrogens with two attached hydrogens (primary N) is 1. The lowest BCUT2D eigenvalue weighted by Crippen LogP contribution is -2.27. The molecule has 3 aromatic rings. The van der Waals surface area contributed by atoms with Crippen molar-refractivity contribution in [3.05, 3.63) is 92.6 Å². The fourth-order valence-electron chi connectivity index (χ4n) is 5.30. The molecule has 6 rings (SSSR count). The number of likely N-dealkylation sites (tertiary alicyclic amines) is 1. The van der Waals surface area contributed by atoms with E-state index >= 15 is 0 Å². The second kappa shape index (κ2) is 8.69. The number of aromatic nitrogens is 2. The van der Waals surface area contributed by atoms with Gasteiger partial charge in [-0.3, -0.25) is 19.2 Å². The van der Waals surface area contributed by atoms with Gasteiger partial charge in [-0.1, -0.05) is 29.8 Å². The molecule has 0 radical (unpaired) electrons. The van der Waals surface area contributed by atoms with Crippen molar-refractivity contribution >= 4 is 23.4 Å². The zero-order valence-corrected chi connectivity index (χ0v) is 19.6. The van der Waals surface area contributed by atoms with Crippen molar-refractivity contribution in [1.29, 1.82) is 0 Å². The lowest BCUT2D eigenvalue weighted by atomic mass is 9.93. The van der Waals surface area contributed by atoms with Crippen LogP contribution >= 0.6 is 11.6 Å². The van der Waals surface area contributed by atoms with E-state index in [-0.39, 0.29) is 12.2 Å². The first-order valence-corrected chi connectivity index (χ1v) is 12.2. The highest BCUT2D eigenvalue weighted by Crippen LogP contribution is 2.44. The van der Waals surface area contributed by atoms with Crippen LogP contribution < -0.4 is 16.0 Å². The number of piperidine rings is 1. The number of rotatable bonds is 6. The topological polar surface area (TPSA) is 73.4 Å². The molecule has 0 bridgehead atoms. The molecule has 2 aliphatic carbocycles. The van der Waals surface area contributed by atoms with Crippen LogP contribution in [0.2, 0.25) is 5.02 Å². The number of pyridine rings is 2. The lowest BCUT2D eigenvalue weighted by Gasteiger charge is -2.22. The molecule has 2 aromatic heterocycles. The third kappa shape index (κ3) is 4.29. The Morgan fingerprint density at radius 1 is 1.09 bits per heavy atom. The van der Waals surface area contributed by atoms with Gasteiger partial charge in [0, 0.05) is 49.8 Å².